The van der Waals surface area contributed by atoms with E-state index in [9.17, 15) is 14.4 Å². The summed E-state index contributed by atoms with van der Waals surface area (Å²) in [6.45, 7) is 7.44. The molecule has 0 bridgehead atoms. The van der Waals surface area contributed by atoms with E-state index in [1.165, 1.54) is 11.7 Å². The lowest BCUT2D eigenvalue weighted by Crippen LogP contribution is -2.21. The van der Waals surface area contributed by atoms with E-state index in [4.69, 9.17) is 0 Å². The standard InChI is InChI=1S/C29H20N2O3S/c1-13(32)15-5-6-17-18-7-8-19-24-20(28(34)31-27(19)30-35-31)10-12-22(26(18)24)29(3,4)21-11-9-16(14(2)33)23(15)25(17)21/h5-12H,1-4H3. The maximum absolute atomic E-state index is 13.2. The molecule has 0 amide bonds. The molecule has 0 aliphatic heterocycles. The summed E-state index contributed by atoms with van der Waals surface area (Å²) in [6, 6.07) is 15.9. The van der Waals surface area contributed by atoms with Gasteiger partial charge in [0.05, 0.1) is 11.7 Å². The molecule has 2 heterocycles. The maximum Gasteiger partial charge on any atom is 0.274 e. The van der Waals surface area contributed by atoms with Crippen molar-refractivity contribution in [3.05, 3.63) is 81.1 Å². The Morgan fingerprint density at radius 1 is 0.743 bits per heavy atom. The van der Waals surface area contributed by atoms with Crippen LogP contribution in [0.5, 0.6) is 0 Å². The molecule has 0 atom stereocenters. The Hall–Kier alpha value is -3.90. The van der Waals surface area contributed by atoms with E-state index in [0.29, 0.717) is 27.5 Å². The zero-order valence-electron chi connectivity index (χ0n) is 19.6. The van der Waals surface area contributed by atoms with Gasteiger partial charge in [0, 0.05) is 38.1 Å². The topological polar surface area (TPSA) is 68.5 Å². The average molecular weight is 477 g/mol. The first kappa shape index (κ1) is 20.5. The summed E-state index contributed by atoms with van der Waals surface area (Å²) in [4.78, 5) is 38.6. The van der Waals surface area contributed by atoms with E-state index >= 15 is 0 Å². The molecule has 0 fully saturated rings. The van der Waals surface area contributed by atoms with Gasteiger partial charge in [0.1, 0.15) is 0 Å². The molecule has 0 saturated heterocycles. The third-order valence-corrected chi connectivity index (χ3v) is 8.53. The van der Waals surface area contributed by atoms with Crippen LogP contribution in [0.15, 0.2) is 53.3 Å². The summed E-state index contributed by atoms with van der Waals surface area (Å²) >= 11 is 1.18. The van der Waals surface area contributed by atoms with Crippen LogP contribution in [0, 0.1) is 0 Å². The van der Waals surface area contributed by atoms with Gasteiger partial charge in [-0.05, 0) is 59.0 Å². The lowest BCUT2D eigenvalue weighted by molar-refractivity contribution is 0.101. The molecule has 5 nitrogen and oxygen atoms in total. The van der Waals surface area contributed by atoms with E-state index in [-0.39, 0.29) is 17.1 Å². The smallest absolute Gasteiger partial charge is 0.274 e. The minimum atomic E-state index is -0.448. The highest BCUT2D eigenvalue weighted by Crippen LogP contribution is 2.51. The predicted octanol–water partition coefficient (Wildman–Crippen LogP) is 6.36. The van der Waals surface area contributed by atoms with Crippen LogP contribution in [0.2, 0.25) is 0 Å². The number of pyridine rings is 1. The quantitative estimate of drug-likeness (QED) is 0.273. The van der Waals surface area contributed by atoms with Gasteiger partial charge in [0.2, 0.25) is 0 Å². The number of hydrogen-bond donors (Lipinski definition) is 0. The minimum absolute atomic E-state index is 0.0493. The highest BCUT2D eigenvalue weighted by molar-refractivity contribution is 7.01. The second kappa shape index (κ2) is 6.40. The zero-order chi connectivity index (χ0) is 24.4. The van der Waals surface area contributed by atoms with Crippen molar-refractivity contribution in [1.82, 2.24) is 8.16 Å². The normalized spacial score (nSPS) is 14.3. The van der Waals surface area contributed by atoms with Gasteiger partial charge in [-0.3, -0.25) is 14.4 Å². The number of carbonyl (C=O) groups excluding carboxylic acids is 2. The van der Waals surface area contributed by atoms with Gasteiger partial charge in [0.25, 0.3) is 5.56 Å². The van der Waals surface area contributed by atoms with Crippen LogP contribution in [0.3, 0.4) is 0 Å². The summed E-state index contributed by atoms with van der Waals surface area (Å²) in [7, 11) is 0. The molecule has 0 spiro atoms. The third-order valence-electron chi connectivity index (χ3n) is 7.77. The van der Waals surface area contributed by atoms with Gasteiger partial charge < -0.3 is 0 Å². The second-order valence-corrected chi connectivity index (χ2v) is 10.7. The van der Waals surface area contributed by atoms with E-state index in [2.05, 4.69) is 30.4 Å². The van der Waals surface area contributed by atoms with E-state index in [1.54, 1.807) is 17.6 Å². The highest BCUT2D eigenvalue weighted by atomic mass is 32.1. The van der Waals surface area contributed by atoms with Crippen molar-refractivity contribution in [2.24, 2.45) is 0 Å². The molecule has 4 aromatic carbocycles. The van der Waals surface area contributed by atoms with Gasteiger partial charge in [-0.1, -0.05) is 50.2 Å². The monoisotopic (exact) mass is 476 g/mol. The fraction of sp³-hybridized carbons (Fsp3) is 0.172. The molecule has 2 aromatic heterocycles. The summed E-state index contributed by atoms with van der Waals surface area (Å²) in [5.74, 6) is -0.140. The zero-order valence-corrected chi connectivity index (χ0v) is 20.5. The van der Waals surface area contributed by atoms with Gasteiger partial charge in [-0.15, -0.1) is 0 Å². The van der Waals surface area contributed by atoms with Crippen LogP contribution >= 0.6 is 11.7 Å². The van der Waals surface area contributed by atoms with Crippen molar-refractivity contribution < 1.29 is 9.59 Å². The predicted molar refractivity (Wildman–Crippen MR) is 141 cm³/mol. The van der Waals surface area contributed by atoms with Crippen molar-refractivity contribution in [2.45, 2.75) is 33.1 Å². The fourth-order valence-corrected chi connectivity index (χ4v) is 6.72. The Labute approximate surface area is 204 Å². The molecule has 0 saturated carbocycles. The first-order valence-electron chi connectivity index (χ1n) is 11.5. The molecule has 170 valence electrons. The molecule has 6 aromatic rings. The number of fused-ring (bicyclic) bond motifs is 3. The van der Waals surface area contributed by atoms with Gasteiger partial charge >= 0.3 is 0 Å². The first-order chi connectivity index (χ1) is 16.7. The average Bonchev–Trinajstić information content (AvgIpc) is 2.87. The van der Waals surface area contributed by atoms with Crippen LogP contribution in [0.1, 0.15) is 59.5 Å². The van der Waals surface area contributed by atoms with Crippen molar-refractivity contribution in [1.29, 1.82) is 0 Å². The Bertz CT molecular complexity index is 1990. The minimum Gasteiger partial charge on any atom is -0.294 e. The number of benzene rings is 4. The van der Waals surface area contributed by atoms with E-state index in [1.807, 2.05) is 36.4 Å². The summed E-state index contributed by atoms with van der Waals surface area (Å²) < 4.78 is 6.08. The lowest BCUT2D eigenvalue weighted by Gasteiger charge is -2.29. The lowest BCUT2D eigenvalue weighted by atomic mass is 9.74. The Kier molecular flexibility index (Phi) is 3.74. The molecular formula is C29H20N2O3S. The number of rotatable bonds is 2. The molecule has 0 N–H and O–H groups in total. The summed E-state index contributed by atoms with van der Waals surface area (Å²) in [5, 5.41) is 5.25. The second-order valence-electron chi connectivity index (χ2n) is 9.98. The fourth-order valence-electron chi connectivity index (χ4n) is 6.10. The Morgan fingerprint density at radius 2 is 1.29 bits per heavy atom. The first-order valence-corrected chi connectivity index (χ1v) is 12.3. The molecule has 1 aliphatic carbocycles. The molecular weight excluding hydrogens is 456 g/mol. The number of ketones is 2. The number of carbonyl (C=O) groups is 2. The van der Waals surface area contributed by atoms with E-state index in [0.717, 1.165) is 43.8 Å². The number of nitrogens with zero attached hydrogens (tertiary/aromatic N) is 2. The molecule has 7 rings (SSSR count). The SMILES string of the molecule is CC(=O)c1ccc2c3c(ccc(C(C)=O)c13)C(C)(C)c1ccc3c(=O)n4snc4c4ccc-2c1c34. The summed E-state index contributed by atoms with van der Waals surface area (Å²) in [5.41, 5.74) is 5.45. The summed E-state index contributed by atoms with van der Waals surface area (Å²) in [6.07, 6.45) is 0. The third kappa shape index (κ3) is 2.33. The largest absolute Gasteiger partial charge is 0.294 e. The van der Waals surface area contributed by atoms with Crippen LogP contribution in [0.4, 0.5) is 0 Å². The van der Waals surface area contributed by atoms with Crippen molar-refractivity contribution in [3.8, 4) is 11.1 Å². The molecule has 0 radical (unpaired) electrons. The van der Waals surface area contributed by atoms with Gasteiger partial charge in [-0.2, -0.15) is 8.16 Å². The Balaban J connectivity index is 1.79. The van der Waals surface area contributed by atoms with Crippen LogP contribution in [-0.2, 0) is 5.41 Å². The van der Waals surface area contributed by atoms with Crippen molar-refractivity contribution >= 4 is 61.3 Å². The van der Waals surface area contributed by atoms with Gasteiger partial charge in [0.15, 0.2) is 17.2 Å². The number of Topliss-reactive ketones (excluding diaryl/α,β-unsaturated/α-hetero) is 2. The Morgan fingerprint density at radius 3 is 1.89 bits per heavy atom. The van der Waals surface area contributed by atoms with Gasteiger partial charge in [-0.25, -0.2) is 0 Å². The molecule has 35 heavy (non-hydrogen) atoms. The van der Waals surface area contributed by atoms with Crippen molar-refractivity contribution in [2.75, 3.05) is 0 Å². The maximum atomic E-state index is 13.2. The van der Waals surface area contributed by atoms with Crippen LogP contribution in [0.25, 0.3) is 49.1 Å². The molecule has 1 aliphatic rings. The van der Waals surface area contributed by atoms with Crippen molar-refractivity contribution in [3.63, 3.8) is 0 Å². The van der Waals surface area contributed by atoms with Crippen LogP contribution in [-0.4, -0.2) is 19.7 Å². The number of aromatic nitrogens is 2. The molecule has 6 heteroatoms. The van der Waals surface area contributed by atoms with Crippen LogP contribution < -0.4 is 5.56 Å². The molecule has 0 unspecified atom stereocenters. The van der Waals surface area contributed by atoms with E-state index < -0.39 is 5.41 Å². The highest BCUT2D eigenvalue weighted by Gasteiger charge is 2.35. The number of hydrogen-bond acceptors (Lipinski definition) is 5.